The first-order valence-corrected chi connectivity index (χ1v) is 8.27. The number of rotatable bonds is 6. The Balaban J connectivity index is 1.90. The highest BCUT2D eigenvalue weighted by atomic mass is 16.5. The molecule has 2 atom stereocenters. The minimum absolute atomic E-state index is 0.0690. The molecule has 0 saturated carbocycles. The van der Waals surface area contributed by atoms with Gasteiger partial charge in [0.2, 0.25) is 0 Å². The fraction of sp³-hybridized carbons (Fsp3) is 0.611. The Hall–Kier alpha value is -1.55. The van der Waals surface area contributed by atoms with E-state index in [1.165, 1.54) is 12.8 Å². The third-order valence-corrected chi connectivity index (χ3v) is 3.82. The molecule has 0 aromatic heterocycles. The standard InChI is InChI=1S/C18H27NO3/c1-4-5-6-11-21-17-9-7-16(8-10-17)18(20)19-12-14(2)22-15(3)13-19/h7-10,14-15H,4-6,11-13H2,1-3H3. The summed E-state index contributed by atoms with van der Waals surface area (Å²) in [5.41, 5.74) is 0.710. The third kappa shape index (κ3) is 4.73. The third-order valence-electron chi connectivity index (χ3n) is 3.82. The molecule has 1 aromatic carbocycles. The van der Waals surface area contributed by atoms with Crippen LogP contribution in [0.4, 0.5) is 0 Å². The van der Waals surface area contributed by atoms with Gasteiger partial charge in [-0.05, 0) is 44.5 Å². The van der Waals surface area contributed by atoms with Crippen LogP contribution in [0, 0.1) is 0 Å². The Morgan fingerprint density at radius 3 is 2.41 bits per heavy atom. The molecule has 22 heavy (non-hydrogen) atoms. The topological polar surface area (TPSA) is 38.8 Å². The average molecular weight is 305 g/mol. The van der Waals surface area contributed by atoms with Crippen LogP contribution in [0.3, 0.4) is 0 Å². The lowest BCUT2D eigenvalue weighted by molar-refractivity contribution is -0.0586. The van der Waals surface area contributed by atoms with Gasteiger partial charge in [-0.3, -0.25) is 4.79 Å². The van der Waals surface area contributed by atoms with Crippen LogP contribution < -0.4 is 4.74 Å². The predicted molar refractivity (Wildman–Crippen MR) is 87.4 cm³/mol. The normalized spacial score (nSPS) is 21.7. The number of amides is 1. The fourth-order valence-electron chi connectivity index (χ4n) is 2.76. The molecule has 1 aromatic rings. The Morgan fingerprint density at radius 2 is 1.82 bits per heavy atom. The van der Waals surface area contributed by atoms with Gasteiger partial charge >= 0.3 is 0 Å². The van der Waals surface area contributed by atoms with Gasteiger partial charge in [0.15, 0.2) is 0 Å². The van der Waals surface area contributed by atoms with Crippen molar-refractivity contribution in [3.8, 4) is 5.75 Å². The summed E-state index contributed by atoms with van der Waals surface area (Å²) in [6.07, 6.45) is 3.63. The van der Waals surface area contributed by atoms with Crippen LogP contribution in [-0.2, 0) is 4.74 Å². The van der Waals surface area contributed by atoms with Crippen molar-refractivity contribution >= 4 is 5.91 Å². The van der Waals surface area contributed by atoms with E-state index in [1.54, 1.807) is 0 Å². The lowest BCUT2D eigenvalue weighted by atomic mass is 10.1. The highest BCUT2D eigenvalue weighted by molar-refractivity contribution is 5.94. The molecular formula is C18H27NO3. The van der Waals surface area contributed by atoms with Crippen LogP contribution in [0.15, 0.2) is 24.3 Å². The van der Waals surface area contributed by atoms with Crippen LogP contribution in [0.25, 0.3) is 0 Å². The molecule has 4 heteroatoms. The quantitative estimate of drug-likeness (QED) is 0.755. The number of carbonyl (C=O) groups is 1. The summed E-state index contributed by atoms with van der Waals surface area (Å²) in [5.74, 6) is 0.899. The first-order valence-electron chi connectivity index (χ1n) is 8.27. The lowest BCUT2D eigenvalue weighted by Crippen LogP contribution is -2.48. The number of unbranched alkanes of at least 4 members (excludes halogenated alkanes) is 2. The molecule has 0 bridgehead atoms. The molecule has 1 saturated heterocycles. The highest BCUT2D eigenvalue weighted by Crippen LogP contribution is 2.17. The summed E-state index contributed by atoms with van der Waals surface area (Å²) < 4.78 is 11.3. The van der Waals surface area contributed by atoms with Gasteiger partial charge < -0.3 is 14.4 Å². The summed E-state index contributed by atoms with van der Waals surface area (Å²) in [6.45, 7) is 8.22. The van der Waals surface area contributed by atoms with Gasteiger partial charge in [0, 0.05) is 18.7 Å². The van der Waals surface area contributed by atoms with Crippen LogP contribution >= 0.6 is 0 Å². The van der Waals surface area contributed by atoms with Crippen molar-refractivity contribution in [3.05, 3.63) is 29.8 Å². The minimum Gasteiger partial charge on any atom is -0.494 e. The van der Waals surface area contributed by atoms with E-state index in [-0.39, 0.29) is 18.1 Å². The fourth-order valence-corrected chi connectivity index (χ4v) is 2.76. The molecular weight excluding hydrogens is 278 g/mol. The molecule has 1 amide bonds. The van der Waals surface area contributed by atoms with Crippen molar-refractivity contribution in [2.45, 2.75) is 52.2 Å². The maximum absolute atomic E-state index is 12.5. The summed E-state index contributed by atoms with van der Waals surface area (Å²) in [7, 11) is 0. The first-order chi connectivity index (χ1) is 10.6. The van der Waals surface area contributed by atoms with Crippen molar-refractivity contribution in [2.75, 3.05) is 19.7 Å². The largest absolute Gasteiger partial charge is 0.494 e. The predicted octanol–water partition coefficient (Wildman–Crippen LogP) is 3.51. The number of morpholine rings is 1. The van der Waals surface area contributed by atoms with Crippen LogP contribution in [-0.4, -0.2) is 42.7 Å². The van der Waals surface area contributed by atoms with Crippen molar-refractivity contribution in [3.63, 3.8) is 0 Å². The van der Waals surface area contributed by atoms with E-state index in [2.05, 4.69) is 6.92 Å². The number of nitrogens with zero attached hydrogens (tertiary/aromatic N) is 1. The first kappa shape index (κ1) is 16.8. The zero-order valence-corrected chi connectivity index (χ0v) is 13.9. The zero-order chi connectivity index (χ0) is 15.9. The van der Waals surface area contributed by atoms with Crippen molar-refractivity contribution in [1.29, 1.82) is 0 Å². The molecule has 1 fully saturated rings. The van der Waals surface area contributed by atoms with Crippen LogP contribution in [0.5, 0.6) is 5.75 Å². The lowest BCUT2D eigenvalue weighted by Gasteiger charge is -2.35. The Morgan fingerprint density at radius 1 is 1.18 bits per heavy atom. The van der Waals surface area contributed by atoms with E-state index in [4.69, 9.17) is 9.47 Å². The number of hydrogen-bond donors (Lipinski definition) is 0. The number of ether oxygens (including phenoxy) is 2. The van der Waals surface area contributed by atoms with Gasteiger partial charge in [-0.25, -0.2) is 0 Å². The second-order valence-corrected chi connectivity index (χ2v) is 6.05. The smallest absolute Gasteiger partial charge is 0.254 e. The van der Waals surface area contributed by atoms with E-state index in [0.717, 1.165) is 18.8 Å². The van der Waals surface area contributed by atoms with E-state index < -0.39 is 0 Å². The average Bonchev–Trinajstić information content (AvgIpc) is 2.50. The molecule has 1 aliphatic rings. The molecule has 1 heterocycles. The van der Waals surface area contributed by atoms with E-state index >= 15 is 0 Å². The SMILES string of the molecule is CCCCCOc1ccc(C(=O)N2CC(C)OC(C)C2)cc1. The molecule has 2 rings (SSSR count). The minimum atomic E-state index is 0.0690. The molecule has 0 aliphatic carbocycles. The van der Waals surface area contributed by atoms with Gasteiger partial charge in [0.1, 0.15) is 5.75 Å². The van der Waals surface area contributed by atoms with Crippen LogP contribution in [0.2, 0.25) is 0 Å². The van der Waals surface area contributed by atoms with Crippen molar-refractivity contribution < 1.29 is 14.3 Å². The van der Waals surface area contributed by atoms with Crippen LogP contribution in [0.1, 0.15) is 50.4 Å². The van der Waals surface area contributed by atoms with E-state index in [1.807, 2.05) is 43.0 Å². The molecule has 2 unspecified atom stereocenters. The highest BCUT2D eigenvalue weighted by Gasteiger charge is 2.26. The monoisotopic (exact) mass is 305 g/mol. The Labute approximate surface area is 133 Å². The van der Waals surface area contributed by atoms with Gasteiger partial charge in [-0.15, -0.1) is 0 Å². The second kappa shape index (κ2) is 8.18. The molecule has 4 nitrogen and oxygen atoms in total. The molecule has 0 radical (unpaired) electrons. The van der Waals surface area contributed by atoms with E-state index in [0.29, 0.717) is 18.7 Å². The van der Waals surface area contributed by atoms with Crippen molar-refractivity contribution in [2.24, 2.45) is 0 Å². The van der Waals surface area contributed by atoms with Gasteiger partial charge in [-0.1, -0.05) is 19.8 Å². The van der Waals surface area contributed by atoms with Gasteiger partial charge in [0.05, 0.1) is 18.8 Å². The summed E-state index contributed by atoms with van der Waals surface area (Å²) in [6, 6.07) is 7.46. The Bertz CT molecular complexity index is 462. The summed E-state index contributed by atoms with van der Waals surface area (Å²) in [4.78, 5) is 14.4. The van der Waals surface area contributed by atoms with Crippen molar-refractivity contribution in [1.82, 2.24) is 4.90 Å². The molecule has 0 N–H and O–H groups in total. The number of benzene rings is 1. The maximum Gasteiger partial charge on any atom is 0.254 e. The Kier molecular flexibility index (Phi) is 6.25. The van der Waals surface area contributed by atoms with E-state index in [9.17, 15) is 4.79 Å². The second-order valence-electron chi connectivity index (χ2n) is 6.05. The number of hydrogen-bond acceptors (Lipinski definition) is 3. The number of carbonyl (C=O) groups excluding carboxylic acids is 1. The summed E-state index contributed by atoms with van der Waals surface area (Å²) in [5, 5.41) is 0. The van der Waals surface area contributed by atoms with Gasteiger partial charge in [0.25, 0.3) is 5.91 Å². The maximum atomic E-state index is 12.5. The molecule has 1 aliphatic heterocycles. The van der Waals surface area contributed by atoms with Gasteiger partial charge in [-0.2, -0.15) is 0 Å². The summed E-state index contributed by atoms with van der Waals surface area (Å²) >= 11 is 0. The molecule has 122 valence electrons. The zero-order valence-electron chi connectivity index (χ0n) is 13.9. The molecule has 0 spiro atoms.